The minimum Gasteiger partial charge on any atom is -0.375 e. The second-order valence-corrected chi connectivity index (χ2v) is 7.99. The lowest BCUT2D eigenvalue weighted by molar-refractivity contribution is -0.129. The van der Waals surface area contributed by atoms with Gasteiger partial charge in [-0.3, -0.25) is 4.79 Å². The van der Waals surface area contributed by atoms with E-state index in [9.17, 15) is 4.79 Å². The van der Waals surface area contributed by atoms with Crippen molar-refractivity contribution in [3.05, 3.63) is 47.9 Å². The maximum Gasteiger partial charge on any atom is 0.246 e. The van der Waals surface area contributed by atoms with E-state index in [1.807, 2.05) is 31.3 Å². The Morgan fingerprint density at radius 3 is 2.78 bits per heavy atom. The molecule has 0 bridgehead atoms. The third-order valence-electron chi connectivity index (χ3n) is 5.73. The van der Waals surface area contributed by atoms with E-state index in [-0.39, 0.29) is 24.0 Å². The zero-order chi connectivity index (χ0) is 19.4. The highest BCUT2D eigenvalue weighted by molar-refractivity contribution is 5.77. The molecule has 1 saturated carbocycles. The molecule has 2 atom stereocenters. The van der Waals surface area contributed by atoms with Gasteiger partial charge in [0.2, 0.25) is 5.91 Å². The first-order valence-corrected chi connectivity index (χ1v) is 9.39. The topological polar surface area (TPSA) is 67.6 Å². The molecule has 1 aliphatic rings. The van der Waals surface area contributed by atoms with Crippen LogP contribution >= 0.6 is 0 Å². The van der Waals surface area contributed by atoms with Gasteiger partial charge in [-0.05, 0) is 36.3 Å². The van der Waals surface area contributed by atoms with Crippen LogP contribution in [0.4, 0.5) is 5.69 Å². The fourth-order valence-corrected chi connectivity index (χ4v) is 3.76. The van der Waals surface area contributed by atoms with Crippen LogP contribution in [0, 0.1) is 11.3 Å². The van der Waals surface area contributed by atoms with Crippen molar-refractivity contribution in [2.24, 2.45) is 11.3 Å². The van der Waals surface area contributed by atoms with Crippen LogP contribution in [-0.4, -0.2) is 37.9 Å². The van der Waals surface area contributed by atoms with Crippen molar-refractivity contribution in [2.45, 2.75) is 39.3 Å². The number of aromatic nitrogens is 1. The van der Waals surface area contributed by atoms with Crippen molar-refractivity contribution < 1.29 is 14.1 Å². The van der Waals surface area contributed by atoms with Crippen LogP contribution in [0.5, 0.6) is 0 Å². The summed E-state index contributed by atoms with van der Waals surface area (Å²) in [6.07, 6.45) is 1.82. The van der Waals surface area contributed by atoms with Crippen molar-refractivity contribution in [3.8, 4) is 0 Å². The van der Waals surface area contributed by atoms with E-state index in [0.29, 0.717) is 12.5 Å². The third-order valence-corrected chi connectivity index (χ3v) is 5.73. The summed E-state index contributed by atoms with van der Waals surface area (Å²) >= 11 is 0. The SMILES string of the molecule is COCC(=O)NC1CC(Cc2cc(CN(C)c3ccccc3)on2)C1(C)C. The first kappa shape index (κ1) is 19.4. The Morgan fingerprint density at radius 2 is 2.11 bits per heavy atom. The normalized spacial score (nSPS) is 20.7. The van der Waals surface area contributed by atoms with E-state index < -0.39 is 0 Å². The maximum absolute atomic E-state index is 11.8. The molecule has 0 spiro atoms. The fourth-order valence-electron chi connectivity index (χ4n) is 3.76. The molecule has 1 aliphatic carbocycles. The Bertz CT molecular complexity index is 757. The number of carbonyl (C=O) groups excluding carboxylic acids is 1. The number of hydrogen-bond donors (Lipinski definition) is 1. The van der Waals surface area contributed by atoms with Gasteiger partial charge in [0.05, 0.1) is 12.2 Å². The Balaban J connectivity index is 1.53. The summed E-state index contributed by atoms with van der Waals surface area (Å²) in [7, 11) is 3.57. The zero-order valence-corrected chi connectivity index (χ0v) is 16.6. The minimum atomic E-state index is -0.0540. The van der Waals surface area contributed by atoms with Crippen LogP contribution < -0.4 is 10.2 Å². The molecule has 1 fully saturated rings. The Labute approximate surface area is 160 Å². The molecule has 6 nitrogen and oxygen atoms in total. The number of nitrogens with one attached hydrogen (secondary N) is 1. The van der Waals surface area contributed by atoms with Crippen LogP contribution in [0.3, 0.4) is 0 Å². The number of hydrogen-bond acceptors (Lipinski definition) is 5. The number of benzene rings is 1. The summed E-state index contributed by atoms with van der Waals surface area (Å²) in [5.41, 5.74) is 2.15. The second kappa shape index (κ2) is 8.13. The van der Waals surface area contributed by atoms with E-state index >= 15 is 0 Å². The summed E-state index contributed by atoms with van der Waals surface area (Å²) in [6, 6.07) is 12.4. The first-order valence-electron chi connectivity index (χ1n) is 9.39. The number of ether oxygens (including phenoxy) is 1. The number of methoxy groups -OCH3 is 1. The number of anilines is 1. The van der Waals surface area contributed by atoms with Gasteiger partial charge in [0, 0.05) is 32.0 Å². The molecule has 146 valence electrons. The van der Waals surface area contributed by atoms with Crippen LogP contribution in [0.25, 0.3) is 0 Å². The largest absolute Gasteiger partial charge is 0.375 e. The van der Waals surface area contributed by atoms with Gasteiger partial charge in [0.1, 0.15) is 6.61 Å². The van der Waals surface area contributed by atoms with E-state index in [1.54, 1.807) is 0 Å². The molecular weight excluding hydrogens is 342 g/mol. The van der Waals surface area contributed by atoms with Crippen molar-refractivity contribution in [1.29, 1.82) is 0 Å². The molecular formula is C21H29N3O3. The lowest BCUT2D eigenvalue weighted by Gasteiger charge is -2.52. The predicted octanol–water partition coefficient (Wildman–Crippen LogP) is 3.03. The molecule has 1 aromatic heterocycles. The standard InChI is InChI=1S/C21H29N3O3/c1-21(2)15(11-19(21)22-20(25)14-26-4)10-16-12-18(27-23-16)13-24(3)17-8-6-5-7-9-17/h5-9,12,15,19H,10-11,13-14H2,1-4H3,(H,22,25). The van der Waals surface area contributed by atoms with Crippen LogP contribution in [0.15, 0.2) is 40.9 Å². The maximum atomic E-state index is 11.8. The van der Waals surface area contributed by atoms with Gasteiger partial charge in [0.25, 0.3) is 0 Å². The number of nitrogens with zero attached hydrogens (tertiary/aromatic N) is 2. The molecule has 6 heteroatoms. The summed E-state index contributed by atoms with van der Waals surface area (Å²) in [4.78, 5) is 13.9. The molecule has 0 radical (unpaired) electrons. The van der Waals surface area contributed by atoms with Gasteiger partial charge >= 0.3 is 0 Å². The molecule has 1 heterocycles. The lowest BCUT2D eigenvalue weighted by atomic mass is 9.57. The molecule has 2 unspecified atom stereocenters. The predicted molar refractivity (Wildman–Crippen MR) is 104 cm³/mol. The highest BCUT2D eigenvalue weighted by atomic mass is 16.5. The van der Waals surface area contributed by atoms with Crippen LogP contribution in [-0.2, 0) is 22.5 Å². The van der Waals surface area contributed by atoms with Crippen molar-refractivity contribution in [1.82, 2.24) is 10.5 Å². The number of para-hydroxylation sites is 1. The summed E-state index contributed by atoms with van der Waals surface area (Å²) in [5.74, 6) is 1.27. The van der Waals surface area contributed by atoms with E-state index in [1.165, 1.54) is 7.11 Å². The monoisotopic (exact) mass is 371 g/mol. The molecule has 1 N–H and O–H groups in total. The third kappa shape index (κ3) is 4.50. The molecule has 0 aliphatic heterocycles. The summed E-state index contributed by atoms with van der Waals surface area (Å²) < 4.78 is 10.4. The molecule has 0 saturated heterocycles. The average molecular weight is 371 g/mol. The van der Waals surface area contributed by atoms with Crippen molar-refractivity contribution >= 4 is 11.6 Å². The molecule has 2 aromatic rings. The zero-order valence-electron chi connectivity index (χ0n) is 16.6. The van der Waals surface area contributed by atoms with Gasteiger partial charge < -0.3 is 19.5 Å². The van der Waals surface area contributed by atoms with Crippen LogP contribution in [0.1, 0.15) is 31.7 Å². The lowest BCUT2D eigenvalue weighted by Crippen LogP contribution is -2.59. The first-order chi connectivity index (χ1) is 12.9. The molecule has 1 aromatic carbocycles. The van der Waals surface area contributed by atoms with Gasteiger partial charge in [-0.15, -0.1) is 0 Å². The number of carbonyl (C=O) groups is 1. The highest BCUT2D eigenvalue weighted by Gasteiger charge is 2.48. The Kier molecular flexibility index (Phi) is 5.85. The Morgan fingerprint density at radius 1 is 1.37 bits per heavy atom. The van der Waals surface area contributed by atoms with Gasteiger partial charge in [-0.2, -0.15) is 0 Å². The summed E-state index contributed by atoms with van der Waals surface area (Å²) in [5, 5.41) is 7.32. The highest BCUT2D eigenvalue weighted by Crippen LogP contribution is 2.47. The van der Waals surface area contributed by atoms with Crippen molar-refractivity contribution in [3.63, 3.8) is 0 Å². The molecule has 3 rings (SSSR count). The fraction of sp³-hybridized carbons (Fsp3) is 0.524. The summed E-state index contributed by atoms with van der Waals surface area (Å²) in [6.45, 7) is 5.19. The van der Waals surface area contributed by atoms with Gasteiger partial charge in [0.15, 0.2) is 5.76 Å². The van der Waals surface area contributed by atoms with E-state index in [4.69, 9.17) is 9.26 Å². The number of amides is 1. The van der Waals surface area contributed by atoms with Crippen molar-refractivity contribution in [2.75, 3.05) is 25.7 Å². The minimum absolute atomic E-state index is 0.0311. The number of rotatable bonds is 8. The average Bonchev–Trinajstić information content (AvgIpc) is 3.09. The van der Waals surface area contributed by atoms with E-state index in [0.717, 1.165) is 30.0 Å². The molecule has 27 heavy (non-hydrogen) atoms. The smallest absolute Gasteiger partial charge is 0.246 e. The quantitative estimate of drug-likeness (QED) is 0.772. The van der Waals surface area contributed by atoms with Gasteiger partial charge in [-0.1, -0.05) is 37.2 Å². The van der Waals surface area contributed by atoms with Crippen LogP contribution in [0.2, 0.25) is 0 Å². The van der Waals surface area contributed by atoms with E-state index in [2.05, 4.69) is 41.4 Å². The van der Waals surface area contributed by atoms with Gasteiger partial charge in [-0.25, -0.2) is 0 Å². The molecule has 1 amide bonds. The second-order valence-electron chi connectivity index (χ2n) is 7.99. The Hall–Kier alpha value is -2.34.